The van der Waals surface area contributed by atoms with Crippen molar-refractivity contribution >= 4 is 49.4 Å². The van der Waals surface area contributed by atoms with Gasteiger partial charge in [0.15, 0.2) is 23.1 Å². The first-order chi connectivity index (χ1) is 28.2. The zero-order valence-electron chi connectivity index (χ0n) is 30.6. The number of aromatic nitrogens is 4. The highest BCUT2D eigenvalue weighted by Gasteiger charge is 2.39. The van der Waals surface area contributed by atoms with Gasteiger partial charge in [0.2, 0.25) is 0 Å². The van der Waals surface area contributed by atoms with Crippen LogP contribution in [0.25, 0.3) is 94.7 Å². The minimum absolute atomic E-state index is 0.0466. The van der Waals surface area contributed by atoms with E-state index in [0.29, 0.717) is 17.5 Å². The maximum Gasteiger partial charge on any atom is 0.164 e. The Labute approximate surface area is 327 Å². The van der Waals surface area contributed by atoms with Crippen molar-refractivity contribution in [3.05, 3.63) is 188 Å². The molecule has 7 aromatic carbocycles. The Morgan fingerprint density at radius 1 is 0.491 bits per heavy atom. The summed E-state index contributed by atoms with van der Waals surface area (Å²) in [5.41, 5.74) is 11.3. The molecule has 0 saturated carbocycles. The standard InChI is InChI=1S/C51H32N4O2/c1-3-12-31(13-4-1)32-22-24-34(25-23-32)50-52-49(33-14-5-2-6-15-33)53-51(54-50)35-26-27-40-45(30-35)56-44-21-11-19-42(46(40)44)55-41-18-9-7-16-36(41)38-28-29-39-37-17-8-10-20-43(37)57-48(39)47(38)55/h1-30,44,46H. The number of allylic oxidation sites excluding steroid dienone is 2. The average molecular weight is 733 g/mol. The lowest BCUT2D eigenvalue weighted by molar-refractivity contribution is 0.270. The van der Waals surface area contributed by atoms with Gasteiger partial charge < -0.3 is 13.7 Å². The van der Waals surface area contributed by atoms with E-state index >= 15 is 0 Å². The minimum Gasteiger partial charge on any atom is -0.485 e. The van der Waals surface area contributed by atoms with Gasteiger partial charge in [0, 0.05) is 49.5 Å². The molecule has 2 atom stereocenters. The molecule has 4 heterocycles. The number of hydrogen-bond acceptors (Lipinski definition) is 5. The molecule has 0 bridgehead atoms. The predicted molar refractivity (Wildman–Crippen MR) is 229 cm³/mol. The number of benzene rings is 7. The molecule has 3 aromatic heterocycles. The topological polar surface area (TPSA) is 66.0 Å². The van der Waals surface area contributed by atoms with E-state index < -0.39 is 0 Å². The van der Waals surface area contributed by atoms with Crippen LogP contribution in [0.5, 0.6) is 5.75 Å². The van der Waals surface area contributed by atoms with Gasteiger partial charge in [0.05, 0.1) is 17.0 Å². The quantitative estimate of drug-likeness (QED) is 0.176. The Balaban J connectivity index is 0.980. The fourth-order valence-electron chi connectivity index (χ4n) is 8.77. The van der Waals surface area contributed by atoms with E-state index in [4.69, 9.17) is 24.1 Å². The first kappa shape index (κ1) is 31.7. The maximum absolute atomic E-state index is 6.81. The molecule has 2 aliphatic rings. The van der Waals surface area contributed by atoms with Crippen LogP contribution in [0.2, 0.25) is 0 Å². The summed E-state index contributed by atoms with van der Waals surface area (Å²) in [6, 6.07) is 56.6. The van der Waals surface area contributed by atoms with Gasteiger partial charge in [0.1, 0.15) is 17.4 Å². The fraction of sp³-hybridized carbons (Fsp3) is 0.0392. The predicted octanol–water partition coefficient (Wildman–Crippen LogP) is 12.5. The monoisotopic (exact) mass is 732 g/mol. The highest BCUT2D eigenvalue weighted by atomic mass is 16.5. The second-order valence-electron chi connectivity index (χ2n) is 14.7. The molecule has 0 fully saturated rings. The highest BCUT2D eigenvalue weighted by molar-refractivity contribution is 6.22. The van der Waals surface area contributed by atoms with Crippen molar-refractivity contribution in [2.45, 2.75) is 12.0 Å². The lowest BCUT2D eigenvalue weighted by atomic mass is 9.88. The molecule has 1 aliphatic heterocycles. The fourth-order valence-corrected chi connectivity index (χ4v) is 8.77. The van der Waals surface area contributed by atoms with Crippen LogP contribution < -0.4 is 4.74 Å². The van der Waals surface area contributed by atoms with Gasteiger partial charge in [0.25, 0.3) is 0 Å². The van der Waals surface area contributed by atoms with Crippen molar-refractivity contribution in [3.63, 3.8) is 0 Å². The molecule has 6 heteroatoms. The summed E-state index contributed by atoms with van der Waals surface area (Å²) < 4.78 is 15.9. The summed E-state index contributed by atoms with van der Waals surface area (Å²) in [4.78, 5) is 15.1. The lowest BCUT2D eigenvalue weighted by Crippen LogP contribution is -2.22. The average Bonchev–Trinajstić information content (AvgIpc) is 3.96. The second-order valence-corrected chi connectivity index (χ2v) is 14.7. The Morgan fingerprint density at radius 2 is 1.09 bits per heavy atom. The zero-order valence-corrected chi connectivity index (χ0v) is 30.6. The third kappa shape index (κ3) is 5.00. The SMILES string of the molecule is C1=CC2Oc3cc(-c4nc(-c5ccccc5)nc(-c5ccc(-c6ccccc6)cc5)n4)ccc3C2C(n2c3ccccc3c3ccc4c5ccccc5oc4c32)=C1. The van der Waals surface area contributed by atoms with Gasteiger partial charge in [-0.15, -0.1) is 0 Å². The third-order valence-electron chi connectivity index (χ3n) is 11.4. The van der Waals surface area contributed by atoms with Gasteiger partial charge in [-0.25, -0.2) is 15.0 Å². The minimum atomic E-state index is -0.182. The molecule has 12 rings (SSSR count). The number of rotatable bonds is 5. The van der Waals surface area contributed by atoms with Crippen molar-refractivity contribution in [2.24, 2.45) is 0 Å². The van der Waals surface area contributed by atoms with Gasteiger partial charge in [-0.2, -0.15) is 0 Å². The van der Waals surface area contributed by atoms with Crippen LogP contribution in [0.1, 0.15) is 11.5 Å². The smallest absolute Gasteiger partial charge is 0.164 e. The molecule has 57 heavy (non-hydrogen) atoms. The summed E-state index contributed by atoms with van der Waals surface area (Å²) in [6.45, 7) is 0. The highest BCUT2D eigenvalue weighted by Crippen LogP contribution is 2.50. The Bertz CT molecular complexity index is 3270. The molecule has 0 radical (unpaired) electrons. The van der Waals surface area contributed by atoms with Gasteiger partial charge in [-0.05, 0) is 47.5 Å². The lowest BCUT2D eigenvalue weighted by Gasteiger charge is -2.24. The van der Waals surface area contributed by atoms with E-state index in [-0.39, 0.29) is 12.0 Å². The first-order valence-electron chi connectivity index (χ1n) is 19.3. The van der Waals surface area contributed by atoms with Gasteiger partial charge >= 0.3 is 0 Å². The van der Waals surface area contributed by atoms with E-state index in [1.54, 1.807) is 0 Å². The maximum atomic E-state index is 6.81. The molecular weight excluding hydrogens is 701 g/mol. The largest absolute Gasteiger partial charge is 0.485 e. The molecule has 0 spiro atoms. The van der Waals surface area contributed by atoms with Crippen molar-refractivity contribution in [1.82, 2.24) is 19.5 Å². The number of furan rings is 1. The van der Waals surface area contributed by atoms with Crippen LogP contribution in [-0.2, 0) is 0 Å². The van der Waals surface area contributed by atoms with E-state index in [0.717, 1.165) is 83.2 Å². The molecular formula is C51H32N4O2. The Hall–Kier alpha value is -7.57. The van der Waals surface area contributed by atoms with E-state index in [1.807, 2.05) is 48.5 Å². The van der Waals surface area contributed by atoms with E-state index in [2.05, 4.69) is 138 Å². The van der Waals surface area contributed by atoms with E-state index in [1.165, 1.54) is 5.39 Å². The summed E-state index contributed by atoms with van der Waals surface area (Å²) in [5.74, 6) is 2.60. The van der Waals surface area contributed by atoms with Crippen LogP contribution in [0.3, 0.4) is 0 Å². The van der Waals surface area contributed by atoms with Crippen LogP contribution in [0, 0.1) is 0 Å². The summed E-state index contributed by atoms with van der Waals surface area (Å²) in [7, 11) is 0. The number of hydrogen-bond donors (Lipinski definition) is 0. The van der Waals surface area contributed by atoms with Crippen LogP contribution in [-0.4, -0.2) is 25.6 Å². The second kappa shape index (κ2) is 12.5. The van der Waals surface area contributed by atoms with Crippen LogP contribution in [0.15, 0.2) is 186 Å². The van der Waals surface area contributed by atoms with Crippen molar-refractivity contribution in [2.75, 3.05) is 0 Å². The normalized spacial score (nSPS) is 15.9. The van der Waals surface area contributed by atoms with Gasteiger partial charge in [-0.1, -0.05) is 146 Å². The number of fused-ring (bicyclic) bond motifs is 10. The molecule has 0 N–H and O–H groups in total. The Kier molecular flexibility index (Phi) is 6.95. The molecule has 268 valence electrons. The molecule has 0 amide bonds. The number of ether oxygens (including phenoxy) is 1. The molecule has 1 aliphatic carbocycles. The third-order valence-corrected chi connectivity index (χ3v) is 11.4. The molecule has 2 unspecified atom stereocenters. The summed E-state index contributed by atoms with van der Waals surface area (Å²) >= 11 is 0. The molecule has 0 saturated heterocycles. The molecule has 10 aromatic rings. The van der Waals surface area contributed by atoms with Crippen molar-refractivity contribution in [3.8, 4) is 51.0 Å². The summed E-state index contributed by atoms with van der Waals surface area (Å²) in [6.07, 6.45) is 6.33. The van der Waals surface area contributed by atoms with E-state index in [9.17, 15) is 0 Å². The number of nitrogens with zero attached hydrogens (tertiary/aromatic N) is 4. The van der Waals surface area contributed by atoms with Crippen LogP contribution >= 0.6 is 0 Å². The van der Waals surface area contributed by atoms with Gasteiger partial charge in [-0.3, -0.25) is 0 Å². The zero-order chi connectivity index (χ0) is 37.5. The Morgan fingerprint density at radius 3 is 1.88 bits per heavy atom. The van der Waals surface area contributed by atoms with Crippen molar-refractivity contribution < 1.29 is 9.15 Å². The summed E-state index contributed by atoms with van der Waals surface area (Å²) in [5, 5.41) is 4.57. The molecule has 6 nitrogen and oxygen atoms in total. The van der Waals surface area contributed by atoms with Crippen molar-refractivity contribution in [1.29, 1.82) is 0 Å². The van der Waals surface area contributed by atoms with Crippen LogP contribution in [0.4, 0.5) is 0 Å². The first-order valence-corrected chi connectivity index (χ1v) is 19.3. The number of para-hydroxylation sites is 2.